The van der Waals surface area contributed by atoms with Crippen LogP contribution in [0.1, 0.15) is 0 Å². The van der Waals surface area contributed by atoms with Crippen LogP contribution in [0.5, 0.6) is 0 Å². The van der Waals surface area contributed by atoms with E-state index in [1.807, 2.05) is 0 Å². The van der Waals surface area contributed by atoms with Crippen LogP contribution in [0.15, 0.2) is 35.5 Å². The number of nitrogens with one attached hydrogen (secondary N) is 2. The zero-order valence-corrected chi connectivity index (χ0v) is 11.8. The molecule has 0 aliphatic heterocycles. The van der Waals surface area contributed by atoms with E-state index in [4.69, 9.17) is 5.73 Å². The van der Waals surface area contributed by atoms with Crippen molar-refractivity contribution in [1.29, 1.82) is 0 Å². The molecule has 0 spiro atoms. The molecule has 0 aliphatic carbocycles. The van der Waals surface area contributed by atoms with Crippen molar-refractivity contribution in [2.24, 2.45) is 0 Å². The number of nitrogens with two attached hydrogens (primary N) is 1. The van der Waals surface area contributed by atoms with Crippen LogP contribution < -0.4 is 15.8 Å². The Labute approximate surface area is 117 Å². The largest absolute Gasteiger partial charge is 0.398 e. The van der Waals surface area contributed by atoms with E-state index in [-0.39, 0.29) is 10.6 Å². The van der Waals surface area contributed by atoms with Gasteiger partial charge in [0.15, 0.2) is 0 Å². The smallest absolute Gasteiger partial charge is 0.242 e. The molecular weight excluding hydrogens is 280 g/mol. The van der Waals surface area contributed by atoms with Gasteiger partial charge in [-0.25, -0.2) is 13.1 Å². The van der Waals surface area contributed by atoms with Gasteiger partial charge in [0, 0.05) is 18.4 Å². The van der Waals surface area contributed by atoms with Crippen LogP contribution >= 0.6 is 0 Å². The fourth-order valence-corrected chi connectivity index (χ4v) is 2.52. The summed E-state index contributed by atoms with van der Waals surface area (Å²) in [6.07, 6.45) is 3.37. The van der Waals surface area contributed by atoms with Crippen LogP contribution in [0, 0.1) is 0 Å². The van der Waals surface area contributed by atoms with Crippen molar-refractivity contribution >= 4 is 21.4 Å². The Morgan fingerprint density at radius 1 is 1.40 bits per heavy atom. The minimum absolute atomic E-state index is 0.0711. The van der Waals surface area contributed by atoms with Crippen molar-refractivity contribution in [3.05, 3.63) is 30.6 Å². The summed E-state index contributed by atoms with van der Waals surface area (Å²) in [5.41, 5.74) is 6.71. The Morgan fingerprint density at radius 2 is 2.20 bits per heavy atom. The van der Waals surface area contributed by atoms with E-state index in [0.29, 0.717) is 13.1 Å². The molecule has 0 radical (unpaired) electrons. The molecule has 0 aliphatic rings. The fraction of sp³-hybridized carbons (Fsp3) is 0.273. The van der Waals surface area contributed by atoms with Crippen molar-refractivity contribution in [3.8, 4) is 0 Å². The Kier molecular flexibility index (Phi) is 4.20. The summed E-state index contributed by atoms with van der Waals surface area (Å²) in [4.78, 5) is 0.0711. The Morgan fingerprint density at radius 3 is 2.80 bits per heavy atom. The number of benzene rings is 1. The number of aromatic nitrogens is 3. The van der Waals surface area contributed by atoms with Gasteiger partial charge >= 0.3 is 0 Å². The molecule has 0 saturated heterocycles. The first kappa shape index (κ1) is 14.3. The van der Waals surface area contributed by atoms with Gasteiger partial charge in [0.2, 0.25) is 10.0 Å². The highest BCUT2D eigenvalue weighted by atomic mass is 32.2. The predicted molar refractivity (Wildman–Crippen MR) is 75.6 cm³/mol. The van der Waals surface area contributed by atoms with Crippen molar-refractivity contribution in [2.75, 3.05) is 24.6 Å². The second-order valence-corrected chi connectivity index (χ2v) is 5.91. The molecule has 9 heteroatoms. The van der Waals surface area contributed by atoms with Gasteiger partial charge in [0.25, 0.3) is 0 Å². The Hall–Kier alpha value is -2.13. The van der Waals surface area contributed by atoms with Gasteiger partial charge < -0.3 is 11.1 Å². The SMILES string of the molecule is CNS(=O)(=O)c1ccc(NCCn2ccnn2)cc1N. The summed E-state index contributed by atoms with van der Waals surface area (Å²) in [5, 5.41) is 10.7. The van der Waals surface area contributed by atoms with Crippen LogP contribution in [-0.4, -0.2) is 37.0 Å². The molecule has 1 aromatic carbocycles. The average molecular weight is 296 g/mol. The second-order valence-electron chi connectivity index (χ2n) is 4.05. The average Bonchev–Trinajstić information content (AvgIpc) is 2.92. The topological polar surface area (TPSA) is 115 Å². The first-order chi connectivity index (χ1) is 9.53. The first-order valence-corrected chi connectivity index (χ1v) is 7.42. The number of anilines is 2. The van der Waals surface area contributed by atoms with Gasteiger partial charge in [-0.1, -0.05) is 5.21 Å². The van der Waals surface area contributed by atoms with Gasteiger partial charge in [-0.15, -0.1) is 5.10 Å². The van der Waals surface area contributed by atoms with Gasteiger partial charge in [0.1, 0.15) is 4.90 Å². The minimum atomic E-state index is -3.53. The Bertz CT molecular complexity index is 668. The first-order valence-electron chi connectivity index (χ1n) is 5.94. The summed E-state index contributed by atoms with van der Waals surface area (Å²) in [5.74, 6) is 0. The lowest BCUT2D eigenvalue weighted by atomic mass is 10.3. The molecule has 1 heterocycles. The third kappa shape index (κ3) is 3.25. The minimum Gasteiger partial charge on any atom is -0.398 e. The molecule has 0 bridgehead atoms. The molecule has 2 aromatic rings. The summed E-state index contributed by atoms with van der Waals surface area (Å²) < 4.78 is 27.3. The number of hydrogen-bond acceptors (Lipinski definition) is 6. The van der Waals surface area contributed by atoms with Crippen LogP contribution in [0.3, 0.4) is 0 Å². The van der Waals surface area contributed by atoms with Crippen molar-refractivity contribution < 1.29 is 8.42 Å². The van der Waals surface area contributed by atoms with E-state index >= 15 is 0 Å². The number of rotatable bonds is 6. The van der Waals surface area contributed by atoms with E-state index < -0.39 is 10.0 Å². The predicted octanol–water partition coefficient (Wildman–Crippen LogP) is -0.120. The highest BCUT2D eigenvalue weighted by Crippen LogP contribution is 2.21. The monoisotopic (exact) mass is 296 g/mol. The molecule has 1 aromatic heterocycles. The van der Waals surface area contributed by atoms with Gasteiger partial charge in [0.05, 0.1) is 18.4 Å². The van der Waals surface area contributed by atoms with E-state index in [2.05, 4.69) is 20.4 Å². The molecule has 0 saturated carbocycles. The Balaban J connectivity index is 2.02. The number of nitrogen functional groups attached to an aromatic ring is 1. The number of hydrogen-bond donors (Lipinski definition) is 3. The normalized spacial score (nSPS) is 11.4. The van der Waals surface area contributed by atoms with E-state index in [1.54, 1.807) is 29.2 Å². The molecule has 0 unspecified atom stereocenters. The van der Waals surface area contributed by atoms with Crippen LogP contribution in [0.4, 0.5) is 11.4 Å². The summed E-state index contributed by atoms with van der Waals surface area (Å²) in [6, 6.07) is 4.73. The van der Waals surface area contributed by atoms with Crippen LogP contribution in [-0.2, 0) is 16.6 Å². The summed E-state index contributed by atoms with van der Waals surface area (Å²) in [7, 11) is -2.18. The van der Waals surface area contributed by atoms with E-state index in [0.717, 1.165) is 5.69 Å². The molecule has 4 N–H and O–H groups in total. The third-order valence-corrected chi connectivity index (χ3v) is 4.20. The van der Waals surface area contributed by atoms with Crippen LogP contribution in [0.2, 0.25) is 0 Å². The van der Waals surface area contributed by atoms with Gasteiger partial charge in [-0.3, -0.25) is 4.68 Å². The molecule has 8 nitrogen and oxygen atoms in total. The molecule has 0 fully saturated rings. The van der Waals surface area contributed by atoms with Crippen molar-refractivity contribution in [2.45, 2.75) is 11.4 Å². The lowest BCUT2D eigenvalue weighted by Crippen LogP contribution is -2.20. The van der Waals surface area contributed by atoms with Gasteiger partial charge in [-0.2, -0.15) is 0 Å². The molecule has 2 rings (SSSR count). The highest BCUT2D eigenvalue weighted by Gasteiger charge is 2.15. The number of sulfonamides is 1. The molecular formula is C11H16N6O2S. The zero-order chi connectivity index (χ0) is 14.6. The van der Waals surface area contributed by atoms with Crippen molar-refractivity contribution in [1.82, 2.24) is 19.7 Å². The summed E-state index contributed by atoms with van der Waals surface area (Å²) in [6.45, 7) is 1.28. The van der Waals surface area contributed by atoms with Gasteiger partial charge in [-0.05, 0) is 25.2 Å². The highest BCUT2D eigenvalue weighted by molar-refractivity contribution is 7.89. The standard InChI is InChI=1S/C11H16N6O2S/c1-13-20(18,19)11-3-2-9(8-10(11)12)14-4-6-17-7-5-15-16-17/h2-3,5,7-8,13-14H,4,6,12H2,1H3. The van der Waals surface area contributed by atoms with E-state index in [1.165, 1.54) is 13.1 Å². The van der Waals surface area contributed by atoms with Crippen LogP contribution in [0.25, 0.3) is 0 Å². The fourth-order valence-electron chi connectivity index (χ4n) is 1.68. The lowest BCUT2D eigenvalue weighted by molar-refractivity contribution is 0.588. The maximum absolute atomic E-state index is 11.7. The molecule has 0 atom stereocenters. The van der Waals surface area contributed by atoms with E-state index in [9.17, 15) is 8.42 Å². The maximum Gasteiger partial charge on any atom is 0.242 e. The quantitative estimate of drug-likeness (QED) is 0.640. The molecule has 20 heavy (non-hydrogen) atoms. The summed E-state index contributed by atoms with van der Waals surface area (Å²) >= 11 is 0. The second kappa shape index (κ2) is 5.88. The molecule has 0 amide bonds. The maximum atomic E-state index is 11.7. The third-order valence-electron chi connectivity index (χ3n) is 2.71. The molecule has 108 valence electrons. The lowest BCUT2D eigenvalue weighted by Gasteiger charge is -2.10. The zero-order valence-electron chi connectivity index (χ0n) is 10.9. The van der Waals surface area contributed by atoms with Crippen molar-refractivity contribution in [3.63, 3.8) is 0 Å². The number of nitrogens with zero attached hydrogens (tertiary/aromatic N) is 3.